The van der Waals surface area contributed by atoms with Crippen LogP contribution in [0.4, 0.5) is 11.4 Å². The summed E-state index contributed by atoms with van der Waals surface area (Å²) in [5.74, 6) is 0.285. The van der Waals surface area contributed by atoms with Gasteiger partial charge in [-0.1, -0.05) is 12.1 Å². The molecule has 0 heterocycles. The zero-order chi connectivity index (χ0) is 16.1. The molecule has 0 aliphatic rings. The molecule has 0 bridgehead atoms. The van der Waals surface area contributed by atoms with E-state index in [1.807, 2.05) is 0 Å². The number of phenolic OH excluding ortho intramolecular Hbond substituents is 1. The lowest BCUT2D eigenvalue weighted by atomic mass is 10.2. The highest BCUT2D eigenvalue weighted by Crippen LogP contribution is 2.35. The van der Waals surface area contributed by atoms with Crippen molar-refractivity contribution in [3.63, 3.8) is 0 Å². The first-order valence-electron chi connectivity index (χ1n) is 6.12. The molecule has 22 heavy (non-hydrogen) atoms. The third-order valence-corrected chi connectivity index (χ3v) is 3.34. The van der Waals surface area contributed by atoms with E-state index >= 15 is 0 Å². The lowest BCUT2D eigenvalue weighted by Gasteiger charge is -2.06. The summed E-state index contributed by atoms with van der Waals surface area (Å²) >= 11 is 3.27. The van der Waals surface area contributed by atoms with Gasteiger partial charge in [-0.2, -0.15) is 5.10 Å². The van der Waals surface area contributed by atoms with Gasteiger partial charge in [-0.3, -0.25) is 15.5 Å². The normalized spacial score (nSPS) is 10.6. The van der Waals surface area contributed by atoms with Crippen LogP contribution in [0.5, 0.6) is 11.5 Å². The maximum absolute atomic E-state index is 10.9. The number of nitrogens with zero attached hydrogens (tertiary/aromatic N) is 2. The minimum absolute atomic E-state index is 0.0379. The zero-order valence-corrected chi connectivity index (χ0v) is 13.1. The Morgan fingerprint density at radius 3 is 2.77 bits per heavy atom. The van der Waals surface area contributed by atoms with E-state index in [9.17, 15) is 15.2 Å². The van der Waals surface area contributed by atoms with E-state index in [1.165, 1.54) is 25.5 Å². The molecule has 2 rings (SSSR count). The number of ether oxygens (including phenoxy) is 1. The van der Waals surface area contributed by atoms with Crippen LogP contribution < -0.4 is 10.2 Å². The van der Waals surface area contributed by atoms with Crippen molar-refractivity contribution in [2.75, 3.05) is 12.5 Å². The van der Waals surface area contributed by atoms with E-state index < -0.39 is 4.92 Å². The number of halogens is 1. The molecule has 0 atom stereocenters. The molecule has 0 saturated carbocycles. The van der Waals surface area contributed by atoms with E-state index in [-0.39, 0.29) is 17.1 Å². The average Bonchev–Trinajstić information content (AvgIpc) is 2.47. The quantitative estimate of drug-likeness (QED) is 0.480. The van der Waals surface area contributed by atoms with Crippen molar-refractivity contribution in [1.29, 1.82) is 0 Å². The Labute approximate surface area is 134 Å². The van der Waals surface area contributed by atoms with E-state index in [1.54, 1.807) is 24.3 Å². The van der Waals surface area contributed by atoms with Crippen LogP contribution in [-0.2, 0) is 0 Å². The van der Waals surface area contributed by atoms with Crippen LogP contribution in [0.25, 0.3) is 0 Å². The van der Waals surface area contributed by atoms with Gasteiger partial charge in [0.05, 0.1) is 22.7 Å². The first-order valence-corrected chi connectivity index (χ1v) is 6.91. The number of para-hydroxylation sites is 2. The Bertz CT molecular complexity index is 711. The molecule has 2 aromatic rings. The van der Waals surface area contributed by atoms with Gasteiger partial charge in [0, 0.05) is 6.07 Å². The van der Waals surface area contributed by atoms with Crippen molar-refractivity contribution in [3.05, 3.63) is 56.5 Å². The molecule has 7 nitrogen and oxygen atoms in total. The van der Waals surface area contributed by atoms with Gasteiger partial charge >= 0.3 is 0 Å². The molecule has 114 valence electrons. The van der Waals surface area contributed by atoms with Gasteiger partial charge in [0.15, 0.2) is 11.5 Å². The Morgan fingerprint density at radius 2 is 2.14 bits per heavy atom. The van der Waals surface area contributed by atoms with Gasteiger partial charge in [-0.15, -0.1) is 0 Å². The summed E-state index contributed by atoms with van der Waals surface area (Å²) in [4.78, 5) is 10.4. The second kappa shape index (κ2) is 6.90. The summed E-state index contributed by atoms with van der Waals surface area (Å²) in [5, 5.41) is 24.6. The minimum atomic E-state index is -0.492. The third kappa shape index (κ3) is 3.53. The zero-order valence-electron chi connectivity index (χ0n) is 11.5. The van der Waals surface area contributed by atoms with Crippen LogP contribution in [0.1, 0.15) is 5.56 Å². The molecule has 0 aromatic heterocycles. The number of nitrogens with one attached hydrogen (secondary N) is 1. The summed E-state index contributed by atoms with van der Waals surface area (Å²) in [5.41, 5.74) is 3.41. The van der Waals surface area contributed by atoms with Gasteiger partial charge in [0.25, 0.3) is 5.69 Å². The van der Waals surface area contributed by atoms with Gasteiger partial charge in [0.2, 0.25) is 0 Å². The molecular weight excluding hydrogens is 354 g/mol. The molecule has 8 heteroatoms. The largest absolute Gasteiger partial charge is 0.504 e. The standard InChI is InChI=1S/C14H12BrN3O4/c1-22-14-10(15)6-9(7-13(14)19)8-16-17-11-4-2-3-5-12(11)18(20)21/h2-8,17,19H,1H3. The summed E-state index contributed by atoms with van der Waals surface area (Å²) in [6.07, 6.45) is 1.43. The number of aromatic hydroxyl groups is 1. The first kappa shape index (κ1) is 15.8. The molecule has 2 N–H and O–H groups in total. The number of hydrogen-bond donors (Lipinski definition) is 2. The number of benzene rings is 2. The molecule has 0 fully saturated rings. The van der Waals surface area contributed by atoms with E-state index in [2.05, 4.69) is 26.5 Å². The predicted octanol–water partition coefficient (Wildman–Crippen LogP) is 3.52. The van der Waals surface area contributed by atoms with Crippen LogP contribution in [0, 0.1) is 10.1 Å². The fourth-order valence-corrected chi connectivity index (χ4v) is 2.41. The Kier molecular flexibility index (Phi) is 4.95. The van der Waals surface area contributed by atoms with E-state index in [4.69, 9.17) is 4.74 Å². The average molecular weight is 366 g/mol. The van der Waals surface area contributed by atoms with E-state index in [0.29, 0.717) is 15.8 Å². The summed E-state index contributed by atoms with van der Waals surface area (Å²) in [6, 6.07) is 9.34. The number of nitro benzene ring substituents is 1. The molecule has 0 amide bonds. The van der Waals surface area contributed by atoms with Gasteiger partial charge in [-0.25, -0.2) is 0 Å². The van der Waals surface area contributed by atoms with Crippen molar-refractivity contribution >= 4 is 33.5 Å². The van der Waals surface area contributed by atoms with Crippen LogP contribution in [0.15, 0.2) is 46.0 Å². The Balaban J connectivity index is 2.19. The van der Waals surface area contributed by atoms with E-state index in [0.717, 1.165) is 0 Å². The van der Waals surface area contributed by atoms with Gasteiger partial charge in [0.1, 0.15) is 5.69 Å². The highest BCUT2D eigenvalue weighted by atomic mass is 79.9. The number of hydrogen-bond acceptors (Lipinski definition) is 6. The molecule has 0 spiro atoms. The second-order valence-corrected chi connectivity index (χ2v) is 5.05. The maximum Gasteiger partial charge on any atom is 0.294 e. The lowest BCUT2D eigenvalue weighted by molar-refractivity contribution is -0.384. The smallest absolute Gasteiger partial charge is 0.294 e. The summed E-state index contributed by atoms with van der Waals surface area (Å²) in [7, 11) is 1.45. The second-order valence-electron chi connectivity index (χ2n) is 4.20. The monoisotopic (exact) mass is 365 g/mol. The van der Waals surface area contributed by atoms with Crippen molar-refractivity contribution in [2.24, 2.45) is 5.10 Å². The van der Waals surface area contributed by atoms with Crippen LogP contribution in [0.3, 0.4) is 0 Å². The Hall–Kier alpha value is -2.61. The molecule has 0 radical (unpaired) electrons. The number of anilines is 1. The van der Waals surface area contributed by atoms with Crippen LogP contribution in [0.2, 0.25) is 0 Å². The number of phenols is 1. The van der Waals surface area contributed by atoms with Crippen molar-refractivity contribution in [3.8, 4) is 11.5 Å². The maximum atomic E-state index is 10.9. The molecule has 0 saturated heterocycles. The molecule has 0 aliphatic heterocycles. The highest BCUT2D eigenvalue weighted by Gasteiger charge is 2.11. The Morgan fingerprint density at radius 1 is 1.41 bits per heavy atom. The fraction of sp³-hybridized carbons (Fsp3) is 0.0714. The summed E-state index contributed by atoms with van der Waals surface area (Å²) < 4.78 is 5.59. The van der Waals surface area contributed by atoms with Crippen LogP contribution >= 0.6 is 15.9 Å². The van der Waals surface area contributed by atoms with Gasteiger partial charge < -0.3 is 9.84 Å². The molecule has 2 aromatic carbocycles. The van der Waals surface area contributed by atoms with Crippen molar-refractivity contribution in [2.45, 2.75) is 0 Å². The predicted molar refractivity (Wildman–Crippen MR) is 86.7 cm³/mol. The summed E-state index contributed by atoms with van der Waals surface area (Å²) in [6.45, 7) is 0. The number of rotatable bonds is 5. The third-order valence-electron chi connectivity index (χ3n) is 2.75. The fourth-order valence-electron chi connectivity index (χ4n) is 1.78. The SMILES string of the molecule is COc1c(O)cc(C=NNc2ccccc2[N+](=O)[O-])cc1Br. The van der Waals surface area contributed by atoms with Crippen molar-refractivity contribution in [1.82, 2.24) is 0 Å². The van der Waals surface area contributed by atoms with Crippen LogP contribution in [-0.4, -0.2) is 23.4 Å². The molecule has 0 aliphatic carbocycles. The number of hydrazone groups is 1. The minimum Gasteiger partial charge on any atom is -0.504 e. The van der Waals surface area contributed by atoms with Crippen molar-refractivity contribution < 1.29 is 14.8 Å². The number of methoxy groups -OCH3 is 1. The highest BCUT2D eigenvalue weighted by molar-refractivity contribution is 9.10. The first-order chi connectivity index (χ1) is 10.5. The topological polar surface area (TPSA) is 97.0 Å². The number of nitro groups is 1. The molecule has 0 unspecified atom stereocenters. The lowest BCUT2D eigenvalue weighted by Crippen LogP contribution is -1.96. The van der Waals surface area contributed by atoms with Gasteiger partial charge in [-0.05, 0) is 39.7 Å². The molecular formula is C14H12BrN3O4.